The molecule has 0 bridgehead atoms. The molecule has 1 saturated heterocycles. The van der Waals surface area contributed by atoms with Crippen LogP contribution in [0.5, 0.6) is 0 Å². The van der Waals surface area contributed by atoms with Crippen LogP contribution in [0, 0.1) is 5.92 Å². The van der Waals surface area contributed by atoms with Gasteiger partial charge in [-0.2, -0.15) is 13.2 Å². The Labute approximate surface area is 110 Å². The largest absolute Gasteiger partial charge is 0.466 e. The molecule has 112 valence electrons. The van der Waals surface area contributed by atoms with Gasteiger partial charge in [0.1, 0.15) is 0 Å². The fraction of sp³-hybridized carbons (Fsp3) is 0.917. The quantitative estimate of drug-likeness (QED) is 0.778. The lowest BCUT2D eigenvalue weighted by Gasteiger charge is -2.34. The van der Waals surface area contributed by atoms with Gasteiger partial charge in [0.25, 0.3) is 0 Å². The summed E-state index contributed by atoms with van der Waals surface area (Å²) in [5, 5.41) is 9.17. The fourth-order valence-electron chi connectivity index (χ4n) is 2.24. The average molecular weight is 283 g/mol. The molecule has 1 unspecified atom stereocenters. The molecule has 4 nitrogen and oxygen atoms in total. The summed E-state index contributed by atoms with van der Waals surface area (Å²) < 4.78 is 41.8. The van der Waals surface area contributed by atoms with E-state index in [0.29, 0.717) is 39.1 Å². The van der Waals surface area contributed by atoms with Gasteiger partial charge in [0.05, 0.1) is 13.0 Å². The first-order chi connectivity index (χ1) is 8.84. The molecule has 1 aliphatic rings. The Bertz CT molecular complexity index is 288. The monoisotopic (exact) mass is 283 g/mol. The summed E-state index contributed by atoms with van der Waals surface area (Å²) in [6, 6.07) is 0. The topological polar surface area (TPSA) is 49.8 Å². The summed E-state index contributed by atoms with van der Waals surface area (Å²) in [7, 11) is 0. The van der Waals surface area contributed by atoms with E-state index in [-0.39, 0.29) is 12.4 Å². The van der Waals surface area contributed by atoms with Crippen LogP contribution >= 0.6 is 0 Å². The van der Waals surface area contributed by atoms with Crippen LogP contribution in [0.1, 0.15) is 26.2 Å². The number of hydrogen-bond donors (Lipinski definition) is 1. The number of hydrogen-bond acceptors (Lipinski definition) is 4. The first kappa shape index (κ1) is 16.2. The number of esters is 1. The van der Waals surface area contributed by atoms with E-state index in [2.05, 4.69) is 0 Å². The molecule has 7 heteroatoms. The third-order valence-electron chi connectivity index (χ3n) is 3.35. The SMILES string of the molecule is CCOC(=O)CCN1CCC(C(O)C(F)(F)F)CC1. The van der Waals surface area contributed by atoms with Gasteiger partial charge in [-0.05, 0) is 38.8 Å². The van der Waals surface area contributed by atoms with Crippen molar-refractivity contribution in [3.8, 4) is 0 Å². The minimum Gasteiger partial charge on any atom is -0.466 e. The number of aliphatic hydroxyl groups is 1. The lowest BCUT2D eigenvalue weighted by Crippen LogP contribution is -2.43. The van der Waals surface area contributed by atoms with Crippen molar-refractivity contribution < 1.29 is 27.8 Å². The molecule has 1 heterocycles. The van der Waals surface area contributed by atoms with Gasteiger partial charge in [0.15, 0.2) is 6.10 Å². The van der Waals surface area contributed by atoms with Crippen LogP contribution in [0.25, 0.3) is 0 Å². The van der Waals surface area contributed by atoms with Crippen LogP contribution in [-0.4, -0.2) is 54.5 Å². The van der Waals surface area contributed by atoms with Crippen LogP contribution in [-0.2, 0) is 9.53 Å². The van der Waals surface area contributed by atoms with Crippen LogP contribution in [0.2, 0.25) is 0 Å². The zero-order valence-corrected chi connectivity index (χ0v) is 10.9. The summed E-state index contributed by atoms with van der Waals surface area (Å²) in [5.41, 5.74) is 0. The molecule has 0 aromatic carbocycles. The number of carbonyl (C=O) groups is 1. The molecular weight excluding hydrogens is 263 g/mol. The number of piperidine rings is 1. The number of alkyl halides is 3. The molecule has 0 amide bonds. The van der Waals surface area contributed by atoms with Crippen molar-refractivity contribution in [3.63, 3.8) is 0 Å². The van der Waals surface area contributed by atoms with Crippen molar-refractivity contribution in [3.05, 3.63) is 0 Å². The number of likely N-dealkylation sites (tertiary alicyclic amines) is 1. The standard InChI is InChI=1S/C12H20F3NO3/c1-2-19-10(17)5-8-16-6-3-9(4-7-16)11(18)12(13,14)15/h9,11,18H,2-8H2,1H3. The van der Waals surface area contributed by atoms with Crippen molar-refractivity contribution in [1.82, 2.24) is 4.90 Å². The maximum absolute atomic E-state index is 12.3. The first-order valence-electron chi connectivity index (χ1n) is 6.47. The summed E-state index contributed by atoms with van der Waals surface area (Å²) in [6.45, 7) is 3.49. The molecule has 0 spiro atoms. The molecule has 0 aliphatic carbocycles. The predicted octanol–water partition coefficient (Wildman–Crippen LogP) is 1.57. The summed E-state index contributed by atoms with van der Waals surface area (Å²) in [5.74, 6) is -1.03. The maximum Gasteiger partial charge on any atom is 0.414 e. The summed E-state index contributed by atoms with van der Waals surface area (Å²) in [6.07, 6.45) is -5.94. The van der Waals surface area contributed by atoms with E-state index in [1.807, 2.05) is 4.90 Å². The first-order valence-corrected chi connectivity index (χ1v) is 6.47. The molecule has 19 heavy (non-hydrogen) atoms. The third kappa shape index (κ3) is 5.36. The van der Waals surface area contributed by atoms with Crippen molar-refractivity contribution in [2.45, 2.75) is 38.5 Å². The van der Waals surface area contributed by atoms with Crippen molar-refractivity contribution in [1.29, 1.82) is 0 Å². The lowest BCUT2D eigenvalue weighted by molar-refractivity contribution is -0.223. The molecule has 1 fully saturated rings. The van der Waals surface area contributed by atoms with Gasteiger partial charge in [-0.15, -0.1) is 0 Å². The zero-order valence-electron chi connectivity index (χ0n) is 10.9. The second-order valence-corrected chi connectivity index (χ2v) is 4.72. The minimum absolute atomic E-state index is 0.250. The van der Waals surface area contributed by atoms with Crippen LogP contribution in [0.4, 0.5) is 13.2 Å². The second-order valence-electron chi connectivity index (χ2n) is 4.72. The van der Waals surface area contributed by atoms with Crippen LogP contribution in [0.3, 0.4) is 0 Å². The van der Waals surface area contributed by atoms with E-state index in [1.165, 1.54) is 0 Å². The Kier molecular flexibility index (Phi) is 6.06. The minimum atomic E-state index is -4.54. The Morgan fingerprint density at radius 3 is 2.47 bits per heavy atom. The van der Waals surface area contributed by atoms with Gasteiger partial charge in [0.2, 0.25) is 0 Å². The Morgan fingerprint density at radius 1 is 1.42 bits per heavy atom. The number of rotatable bonds is 5. The molecular formula is C12H20F3NO3. The van der Waals surface area contributed by atoms with Gasteiger partial charge >= 0.3 is 12.1 Å². The third-order valence-corrected chi connectivity index (χ3v) is 3.35. The van der Waals surface area contributed by atoms with Gasteiger partial charge in [-0.3, -0.25) is 4.79 Å². The van der Waals surface area contributed by atoms with Gasteiger partial charge in [0, 0.05) is 6.54 Å². The van der Waals surface area contributed by atoms with Crippen molar-refractivity contribution in [2.24, 2.45) is 5.92 Å². The van der Waals surface area contributed by atoms with E-state index in [9.17, 15) is 18.0 Å². The Balaban J connectivity index is 2.27. The van der Waals surface area contributed by atoms with Crippen LogP contribution < -0.4 is 0 Å². The molecule has 1 aliphatic heterocycles. The number of halogens is 3. The normalized spacial score (nSPS) is 20.3. The molecule has 0 aromatic heterocycles. The zero-order chi connectivity index (χ0) is 14.5. The number of nitrogens with zero attached hydrogens (tertiary/aromatic N) is 1. The lowest BCUT2D eigenvalue weighted by atomic mass is 9.91. The van der Waals surface area contributed by atoms with E-state index in [0.717, 1.165) is 0 Å². The molecule has 0 aromatic rings. The van der Waals surface area contributed by atoms with Gasteiger partial charge in [-0.25, -0.2) is 0 Å². The summed E-state index contributed by atoms with van der Waals surface area (Å²) >= 11 is 0. The maximum atomic E-state index is 12.3. The van der Waals surface area contributed by atoms with Crippen molar-refractivity contribution >= 4 is 5.97 Å². The molecule has 1 atom stereocenters. The molecule has 0 saturated carbocycles. The highest BCUT2D eigenvalue weighted by molar-refractivity contribution is 5.69. The van der Waals surface area contributed by atoms with E-state index >= 15 is 0 Å². The van der Waals surface area contributed by atoms with Crippen molar-refractivity contribution in [2.75, 3.05) is 26.2 Å². The highest BCUT2D eigenvalue weighted by atomic mass is 19.4. The average Bonchev–Trinajstić information content (AvgIpc) is 2.35. The molecule has 1 N–H and O–H groups in total. The summed E-state index contributed by atoms with van der Waals surface area (Å²) in [4.78, 5) is 13.1. The molecule has 0 radical (unpaired) electrons. The fourth-order valence-corrected chi connectivity index (χ4v) is 2.24. The highest BCUT2D eigenvalue weighted by Crippen LogP contribution is 2.31. The van der Waals surface area contributed by atoms with Crippen LogP contribution in [0.15, 0.2) is 0 Å². The van der Waals surface area contributed by atoms with Gasteiger partial charge in [-0.1, -0.05) is 0 Å². The Hall–Kier alpha value is -0.820. The van der Waals surface area contributed by atoms with Gasteiger partial charge < -0.3 is 14.7 Å². The number of carbonyl (C=O) groups excluding carboxylic acids is 1. The predicted molar refractivity (Wildman–Crippen MR) is 62.5 cm³/mol. The number of ether oxygens (including phenoxy) is 1. The van der Waals surface area contributed by atoms with E-state index < -0.39 is 18.2 Å². The Morgan fingerprint density at radius 2 is 2.00 bits per heavy atom. The van der Waals surface area contributed by atoms with E-state index in [4.69, 9.17) is 9.84 Å². The smallest absolute Gasteiger partial charge is 0.414 e. The highest BCUT2D eigenvalue weighted by Gasteiger charge is 2.44. The second kappa shape index (κ2) is 7.09. The molecule has 1 rings (SSSR count). The van der Waals surface area contributed by atoms with E-state index in [1.54, 1.807) is 6.92 Å². The number of aliphatic hydroxyl groups excluding tert-OH is 1.